The number of likely N-dealkylation sites (N-methyl/N-ethyl adjacent to an activating group) is 2. The van der Waals surface area contributed by atoms with E-state index in [4.69, 9.17) is 0 Å². The van der Waals surface area contributed by atoms with E-state index < -0.39 is 29.5 Å². The van der Waals surface area contributed by atoms with Crippen molar-refractivity contribution in [2.75, 3.05) is 14.1 Å². The maximum Gasteiger partial charge on any atom is 0.331 e. The van der Waals surface area contributed by atoms with Crippen molar-refractivity contribution in [1.29, 1.82) is 0 Å². The lowest BCUT2D eigenvalue weighted by Crippen LogP contribution is -2.61. The monoisotopic (exact) mass is 425 g/mol. The van der Waals surface area contributed by atoms with Gasteiger partial charge >= 0.3 is 5.97 Å². The van der Waals surface area contributed by atoms with Gasteiger partial charge in [-0.25, -0.2) is 4.79 Å². The van der Waals surface area contributed by atoms with Crippen molar-refractivity contribution in [2.45, 2.75) is 86.9 Å². The zero-order chi connectivity index (χ0) is 24.0. The summed E-state index contributed by atoms with van der Waals surface area (Å²) in [5, 5.41) is 15.3. The molecule has 174 valence electrons. The van der Waals surface area contributed by atoms with E-state index in [1.54, 1.807) is 25.1 Å². The van der Waals surface area contributed by atoms with Crippen molar-refractivity contribution in [2.24, 2.45) is 16.7 Å². The molecule has 0 bridgehead atoms. The topological polar surface area (TPSA) is 98.7 Å². The third-order valence-electron chi connectivity index (χ3n) is 5.88. The average Bonchev–Trinajstić information content (AvgIpc) is 2.61. The van der Waals surface area contributed by atoms with E-state index in [0.29, 0.717) is 0 Å². The Kier molecular flexibility index (Phi) is 10.2. The van der Waals surface area contributed by atoms with Crippen molar-refractivity contribution >= 4 is 17.8 Å². The van der Waals surface area contributed by atoms with Crippen LogP contribution in [0.25, 0.3) is 0 Å². The van der Waals surface area contributed by atoms with Gasteiger partial charge in [-0.05, 0) is 37.1 Å². The zero-order valence-electron chi connectivity index (χ0n) is 20.7. The van der Waals surface area contributed by atoms with Crippen molar-refractivity contribution in [3.63, 3.8) is 0 Å². The summed E-state index contributed by atoms with van der Waals surface area (Å²) in [6.45, 7) is 17.2. The minimum absolute atomic E-state index is 0.00801. The van der Waals surface area contributed by atoms with E-state index in [9.17, 15) is 19.5 Å². The number of hydrogen-bond acceptors (Lipinski definition) is 4. The number of carbonyl (C=O) groups excluding carboxylic acids is 2. The van der Waals surface area contributed by atoms with Crippen molar-refractivity contribution in [3.05, 3.63) is 11.6 Å². The van der Waals surface area contributed by atoms with Gasteiger partial charge in [0.1, 0.15) is 6.04 Å². The highest BCUT2D eigenvalue weighted by atomic mass is 16.4. The van der Waals surface area contributed by atoms with Gasteiger partial charge in [0.05, 0.1) is 12.1 Å². The van der Waals surface area contributed by atoms with E-state index >= 15 is 0 Å². The summed E-state index contributed by atoms with van der Waals surface area (Å²) in [6, 6.07) is -1.60. The molecule has 0 saturated heterocycles. The molecule has 3 atom stereocenters. The van der Waals surface area contributed by atoms with Crippen LogP contribution in [0.1, 0.15) is 68.7 Å². The number of carboxylic acid groups (broad SMARTS) is 1. The Labute approximate surface area is 182 Å². The van der Waals surface area contributed by atoms with Crippen LogP contribution in [0.2, 0.25) is 0 Å². The van der Waals surface area contributed by atoms with Gasteiger partial charge in [0.15, 0.2) is 0 Å². The highest BCUT2D eigenvalue weighted by molar-refractivity contribution is 5.91. The molecule has 3 N–H and O–H groups in total. The Morgan fingerprint density at radius 2 is 1.57 bits per heavy atom. The highest BCUT2D eigenvalue weighted by Crippen LogP contribution is 2.27. The van der Waals surface area contributed by atoms with E-state index in [1.165, 1.54) is 6.92 Å². The van der Waals surface area contributed by atoms with Crippen LogP contribution in [-0.4, -0.2) is 60.0 Å². The summed E-state index contributed by atoms with van der Waals surface area (Å²) in [5.74, 6) is -1.47. The first kappa shape index (κ1) is 28.1. The molecule has 0 unspecified atom stereocenters. The van der Waals surface area contributed by atoms with Gasteiger partial charge in [0.25, 0.3) is 0 Å². The van der Waals surface area contributed by atoms with Gasteiger partial charge in [0, 0.05) is 12.6 Å². The first-order chi connectivity index (χ1) is 13.5. The second-order valence-corrected chi connectivity index (χ2v) is 10.2. The van der Waals surface area contributed by atoms with Crippen LogP contribution in [0.4, 0.5) is 0 Å². The fraction of sp³-hybridized carbons (Fsp3) is 0.783. The molecule has 0 aromatic heterocycles. The SMILES string of the molecule is CCC(C)(C)[C@@H](NC)C(=O)N[C@H](C(=O)N(C)[C@H](/C=C(\C)C(=O)O)C(C)C)C(C)(C)C. The molecule has 0 spiro atoms. The lowest BCUT2D eigenvalue weighted by atomic mass is 9.80. The number of aliphatic carboxylic acids is 1. The number of rotatable bonds is 10. The summed E-state index contributed by atoms with van der Waals surface area (Å²) in [6.07, 6.45) is 2.40. The summed E-state index contributed by atoms with van der Waals surface area (Å²) >= 11 is 0. The molecule has 0 aromatic carbocycles. The number of hydrogen-bond donors (Lipinski definition) is 3. The third kappa shape index (κ3) is 7.42. The van der Waals surface area contributed by atoms with Gasteiger partial charge in [-0.2, -0.15) is 0 Å². The second kappa shape index (κ2) is 10.9. The first-order valence-corrected chi connectivity index (χ1v) is 10.7. The van der Waals surface area contributed by atoms with Crippen molar-refractivity contribution in [1.82, 2.24) is 15.5 Å². The van der Waals surface area contributed by atoms with Crippen LogP contribution >= 0.6 is 0 Å². The standard InChI is InChI=1S/C23H43N3O4/c1-12-23(8,9)17(24-10)19(27)25-18(22(5,6)7)20(28)26(11)16(14(2)3)13-15(4)21(29)30/h13-14,16-18,24H,12H2,1-11H3,(H,25,27)(H,29,30)/b15-13+/t16-,17+,18-/m1/s1. The van der Waals surface area contributed by atoms with Crippen molar-refractivity contribution < 1.29 is 19.5 Å². The number of nitrogens with zero attached hydrogens (tertiary/aromatic N) is 1. The van der Waals surface area contributed by atoms with Crippen LogP contribution < -0.4 is 10.6 Å². The molecular weight excluding hydrogens is 382 g/mol. The number of carboxylic acids is 1. The van der Waals surface area contributed by atoms with E-state index in [-0.39, 0.29) is 28.7 Å². The van der Waals surface area contributed by atoms with Crippen LogP contribution in [0.3, 0.4) is 0 Å². The molecule has 0 aliphatic heterocycles. The van der Waals surface area contributed by atoms with Crippen LogP contribution in [0, 0.1) is 16.7 Å². The molecule has 0 aliphatic rings. The maximum absolute atomic E-state index is 13.5. The quantitative estimate of drug-likeness (QED) is 0.467. The Morgan fingerprint density at radius 3 is 1.90 bits per heavy atom. The second-order valence-electron chi connectivity index (χ2n) is 10.2. The summed E-state index contributed by atoms with van der Waals surface area (Å²) in [5.41, 5.74) is -0.620. The van der Waals surface area contributed by atoms with Crippen LogP contribution in [-0.2, 0) is 14.4 Å². The Hall–Kier alpha value is -1.89. The fourth-order valence-corrected chi connectivity index (χ4v) is 3.38. The first-order valence-electron chi connectivity index (χ1n) is 10.7. The predicted octanol–water partition coefficient (Wildman–Crippen LogP) is 3.06. The molecule has 7 heteroatoms. The normalized spacial score (nSPS) is 16.1. The van der Waals surface area contributed by atoms with Gasteiger partial charge in [-0.3, -0.25) is 9.59 Å². The summed E-state index contributed by atoms with van der Waals surface area (Å²) < 4.78 is 0. The van der Waals surface area contributed by atoms with Crippen LogP contribution in [0.15, 0.2) is 11.6 Å². The largest absolute Gasteiger partial charge is 0.478 e. The fourth-order valence-electron chi connectivity index (χ4n) is 3.38. The summed E-state index contributed by atoms with van der Waals surface area (Å²) in [4.78, 5) is 39.4. The molecule has 0 radical (unpaired) electrons. The molecular formula is C23H43N3O4. The molecule has 2 amide bonds. The average molecular weight is 426 g/mol. The lowest BCUT2D eigenvalue weighted by Gasteiger charge is -2.39. The van der Waals surface area contributed by atoms with E-state index in [2.05, 4.69) is 10.6 Å². The lowest BCUT2D eigenvalue weighted by molar-refractivity contribution is -0.141. The van der Waals surface area contributed by atoms with Gasteiger partial charge in [-0.1, -0.05) is 61.5 Å². The van der Waals surface area contributed by atoms with Gasteiger partial charge < -0.3 is 20.6 Å². The Morgan fingerprint density at radius 1 is 1.07 bits per heavy atom. The molecule has 30 heavy (non-hydrogen) atoms. The summed E-state index contributed by atoms with van der Waals surface area (Å²) in [7, 11) is 3.41. The van der Waals surface area contributed by atoms with Gasteiger partial charge in [-0.15, -0.1) is 0 Å². The molecule has 0 saturated carbocycles. The number of nitrogens with one attached hydrogen (secondary N) is 2. The number of amides is 2. The highest BCUT2D eigenvalue weighted by Gasteiger charge is 2.40. The molecule has 0 aromatic rings. The minimum atomic E-state index is -1.01. The zero-order valence-corrected chi connectivity index (χ0v) is 20.7. The molecule has 0 fully saturated rings. The van der Waals surface area contributed by atoms with Crippen LogP contribution in [0.5, 0.6) is 0 Å². The number of carbonyl (C=O) groups is 3. The minimum Gasteiger partial charge on any atom is -0.478 e. The predicted molar refractivity (Wildman–Crippen MR) is 121 cm³/mol. The third-order valence-corrected chi connectivity index (χ3v) is 5.88. The van der Waals surface area contributed by atoms with Crippen molar-refractivity contribution in [3.8, 4) is 0 Å². The van der Waals surface area contributed by atoms with Gasteiger partial charge in [0.2, 0.25) is 11.8 Å². The smallest absolute Gasteiger partial charge is 0.331 e. The van der Waals surface area contributed by atoms with E-state index in [0.717, 1.165) is 6.42 Å². The molecule has 7 nitrogen and oxygen atoms in total. The van der Waals surface area contributed by atoms with E-state index in [1.807, 2.05) is 55.4 Å². The Balaban J connectivity index is 5.93. The Bertz CT molecular complexity index is 647. The maximum atomic E-state index is 13.5. The molecule has 0 aliphatic carbocycles. The molecule has 0 heterocycles. The molecule has 0 rings (SSSR count).